The lowest BCUT2D eigenvalue weighted by atomic mass is 9.80. The third-order valence-electron chi connectivity index (χ3n) is 6.89. The Morgan fingerprint density at radius 3 is 2.52 bits per heavy atom. The number of fused-ring (bicyclic) bond motifs is 1. The van der Waals surface area contributed by atoms with Crippen LogP contribution < -0.4 is 4.74 Å². The van der Waals surface area contributed by atoms with Gasteiger partial charge >= 0.3 is 17.9 Å². The number of hydrogen-bond donors (Lipinski definition) is 0. The Morgan fingerprint density at radius 2 is 1.79 bits per heavy atom. The average molecular weight is 513 g/mol. The number of rotatable bonds is 6. The van der Waals surface area contributed by atoms with Gasteiger partial charge in [0.1, 0.15) is 11.9 Å². The molecule has 1 heterocycles. The first-order chi connectivity index (χ1) is 15.8. The SMILES string of the molecule is Cc1ccccc1C(=O)Oc1ccc(C(=O)COC(=O)[C@@H]2[C@H]3C[C@H]4[C@H](OC(=O)[C@@H]42)[C@H]3Br)cc1. The maximum Gasteiger partial charge on any atom is 0.343 e. The molecule has 6 atom stereocenters. The number of carbonyl (C=O) groups is 4. The minimum atomic E-state index is -0.582. The summed E-state index contributed by atoms with van der Waals surface area (Å²) in [5, 5.41) is 0. The molecule has 0 amide bonds. The molecule has 7 nitrogen and oxygen atoms in total. The zero-order valence-electron chi connectivity index (χ0n) is 17.7. The molecule has 0 unspecified atom stereocenters. The molecule has 2 aromatic rings. The molecule has 8 heteroatoms. The molecule has 3 aliphatic rings. The van der Waals surface area contributed by atoms with E-state index in [-0.39, 0.29) is 34.5 Å². The van der Waals surface area contributed by atoms with Crippen molar-refractivity contribution in [1.29, 1.82) is 0 Å². The molecule has 5 rings (SSSR count). The first-order valence-electron chi connectivity index (χ1n) is 10.8. The third-order valence-corrected chi connectivity index (χ3v) is 8.09. The molecule has 3 fully saturated rings. The predicted octanol–water partition coefficient (Wildman–Crippen LogP) is 3.51. The van der Waals surface area contributed by atoms with Gasteiger partial charge in [-0.05, 0) is 55.2 Å². The van der Waals surface area contributed by atoms with Crippen molar-refractivity contribution in [1.82, 2.24) is 0 Å². The summed E-state index contributed by atoms with van der Waals surface area (Å²) in [7, 11) is 0. The van der Waals surface area contributed by atoms with Crippen LogP contribution in [0.5, 0.6) is 5.75 Å². The Morgan fingerprint density at radius 1 is 1.06 bits per heavy atom. The number of benzene rings is 2. The molecule has 0 radical (unpaired) electrons. The standard InChI is InChI=1S/C25H21BrO7/c1-12-4-2-3-5-15(12)23(28)32-14-8-6-13(7-9-14)18(27)11-31-24(29)19-16-10-17-20(19)25(30)33-22(17)21(16)26/h2-9,16-17,19-22H,10-11H2,1H3/t16-,17-,19-,20+,21+,22+/m1/s1. The van der Waals surface area contributed by atoms with E-state index in [1.54, 1.807) is 12.1 Å². The Kier molecular flexibility index (Phi) is 5.56. The van der Waals surface area contributed by atoms with Crippen molar-refractivity contribution in [3.63, 3.8) is 0 Å². The van der Waals surface area contributed by atoms with Crippen molar-refractivity contribution < 1.29 is 33.4 Å². The van der Waals surface area contributed by atoms with E-state index in [2.05, 4.69) is 15.9 Å². The number of carbonyl (C=O) groups excluding carboxylic acids is 4. The second-order valence-corrected chi connectivity index (χ2v) is 9.78. The maximum atomic E-state index is 12.7. The van der Waals surface area contributed by atoms with E-state index in [4.69, 9.17) is 14.2 Å². The van der Waals surface area contributed by atoms with E-state index < -0.39 is 30.4 Å². The van der Waals surface area contributed by atoms with Crippen molar-refractivity contribution in [3.8, 4) is 5.75 Å². The summed E-state index contributed by atoms with van der Waals surface area (Å²) in [4.78, 5) is 49.7. The van der Waals surface area contributed by atoms with Crippen LogP contribution in [-0.2, 0) is 19.1 Å². The first-order valence-corrected chi connectivity index (χ1v) is 11.7. The number of Topliss-reactive ketones (excluding diaryl/α,β-unsaturated/α-hetero) is 1. The monoisotopic (exact) mass is 512 g/mol. The second kappa shape index (κ2) is 8.41. The van der Waals surface area contributed by atoms with Gasteiger partial charge < -0.3 is 14.2 Å². The fourth-order valence-electron chi connectivity index (χ4n) is 5.28. The molecule has 0 N–H and O–H groups in total. The lowest BCUT2D eigenvalue weighted by Gasteiger charge is -2.26. The summed E-state index contributed by atoms with van der Waals surface area (Å²) >= 11 is 3.56. The van der Waals surface area contributed by atoms with Crippen LogP contribution in [0.25, 0.3) is 0 Å². The number of aryl methyl sites for hydroxylation is 1. The zero-order chi connectivity index (χ0) is 23.3. The molecule has 170 valence electrons. The number of ketones is 1. The Balaban J connectivity index is 1.18. The van der Waals surface area contributed by atoms with Crippen molar-refractivity contribution in [2.75, 3.05) is 6.61 Å². The van der Waals surface area contributed by atoms with Crippen LogP contribution in [0.3, 0.4) is 0 Å². The van der Waals surface area contributed by atoms with Gasteiger partial charge in [-0.3, -0.25) is 14.4 Å². The van der Waals surface area contributed by atoms with E-state index in [0.29, 0.717) is 16.9 Å². The van der Waals surface area contributed by atoms with E-state index in [0.717, 1.165) is 12.0 Å². The summed E-state index contributed by atoms with van der Waals surface area (Å²) in [5.41, 5.74) is 1.60. The minimum absolute atomic E-state index is 0.0266. The fourth-order valence-corrected chi connectivity index (χ4v) is 6.33. The molecule has 2 bridgehead atoms. The molecule has 2 aliphatic carbocycles. The quantitative estimate of drug-likeness (QED) is 0.253. The van der Waals surface area contributed by atoms with Gasteiger partial charge in [0.2, 0.25) is 0 Å². The number of alkyl halides is 1. The van der Waals surface area contributed by atoms with E-state index in [1.165, 1.54) is 24.3 Å². The van der Waals surface area contributed by atoms with Crippen LogP contribution in [0.2, 0.25) is 0 Å². The summed E-state index contributed by atoms with van der Waals surface area (Å²) in [6.07, 6.45) is 0.574. The lowest BCUT2D eigenvalue weighted by molar-refractivity contribution is -0.154. The lowest BCUT2D eigenvalue weighted by Crippen LogP contribution is -2.39. The topological polar surface area (TPSA) is 96.0 Å². The van der Waals surface area contributed by atoms with Crippen LogP contribution in [0.4, 0.5) is 0 Å². The first kappa shape index (κ1) is 21.8. The van der Waals surface area contributed by atoms with Crippen molar-refractivity contribution in [2.24, 2.45) is 23.7 Å². The highest BCUT2D eigenvalue weighted by Crippen LogP contribution is 2.60. The van der Waals surface area contributed by atoms with Crippen LogP contribution in [0.15, 0.2) is 48.5 Å². The molecule has 1 aliphatic heterocycles. The minimum Gasteiger partial charge on any atom is -0.461 e. The van der Waals surface area contributed by atoms with Crippen molar-refractivity contribution >= 4 is 39.6 Å². The van der Waals surface area contributed by atoms with Crippen molar-refractivity contribution in [2.45, 2.75) is 24.3 Å². The molecular formula is C25H21BrO7. The van der Waals surface area contributed by atoms with Crippen LogP contribution in [0.1, 0.15) is 32.7 Å². The van der Waals surface area contributed by atoms with Gasteiger partial charge in [-0.25, -0.2) is 4.79 Å². The van der Waals surface area contributed by atoms with Gasteiger partial charge in [0.15, 0.2) is 12.4 Å². The second-order valence-electron chi connectivity index (χ2n) is 8.72. The fraction of sp³-hybridized carbons (Fsp3) is 0.360. The van der Waals surface area contributed by atoms with Gasteiger partial charge in [0, 0.05) is 11.5 Å². The molecule has 2 saturated carbocycles. The molecular weight excluding hydrogens is 492 g/mol. The summed E-state index contributed by atoms with van der Waals surface area (Å²) in [6.45, 7) is 1.40. The van der Waals surface area contributed by atoms with Crippen LogP contribution >= 0.6 is 15.9 Å². The van der Waals surface area contributed by atoms with Crippen LogP contribution in [0, 0.1) is 30.6 Å². The third kappa shape index (κ3) is 3.76. The van der Waals surface area contributed by atoms with Crippen LogP contribution in [-0.4, -0.2) is 41.2 Å². The van der Waals surface area contributed by atoms with Gasteiger partial charge in [0.05, 0.1) is 22.2 Å². The predicted molar refractivity (Wildman–Crippen MR) is 119 cm³/mol. The average Bonchev–Trinajstić information content (AvgIpc) is 3.42. The normalized spacial score (nSPS) is 29.0. The smallest absolute Gasteiger partial charge is 0.343 e. The van der Waals surface area contributed by atoms with Crippen molar-refractivity contribution in [3.05, 3.63) is 65.2 Å². The number of halogens is 1. The summed E-state index contributed by atoms with van der Waals surface area (Å²) in [5.74, 6) is -2.49. The van der Waals surface area contributed by atoms with Gasteiger partial charge in [0.25, 0.3) is 0 Å². The Bertz CT molecular complexity index is 1140. The van der Waals surface area contributed by atoms with E-state index in [9.17, 15) is 19.2 Å². The van der Waals surface area contributed by atoms with Gasteiger partial charge in [-0.1, -0.05) is 34.1 Å². The Labute approximate surface area is 198 Å². The maximum absolute atomic E-state index is 12.7. The highest BCUT2D eigenvalue weighted by molar-refractivity contribution is 9.09. The molecule has 1 saturated heterocycles. The van der Waals surface area contributed by atoms with Gasteiger partial charge in [-0.15, -0.1) is 0 Å². The Hall–Kier alpha value is -3.00. The number of esters is 3. The molecule has 0 aromatic heterocycles. The van der Waals surface area contributed by atoms with E-state index >= 15 is 0 Å². The molecule has 2 aromatic carbocycles. The highest BCUT2D eigenvalue weighted by atomic mass is 79.9. The highest BCUT2D eigenvalue weighted by Gasteiger charge is 2.68. The summed E-state index contributed by atoms with van der Waals surface area (Å²) < 4.78 is 16.1. The molecule has 33 heavy (non-hydrogen) atoms. The zero-order valence-corrected chi connectivity index (χ0v) is 19.3. The number of hydrogen-bond acceptors (Lipinski definition) is 7. The summed E-state index contributed by atoms with van der Waals surface area (Å²) in [6, 6.07) is 13.2. The number of ether oxygens (including phenoxy) is 3. The van der Waals surface area contributed by atoms with E-state index in [1.807, 2.05) is 19.1 Å². The van der Waals surface area contributed by atoms with Gasteiger partial charge in [-0.2, -0.15) is 0 Å². The molecule has 0 spiro atoms. The largest absolute Gasteiger partial charge is 0.461 e.